The van der Waals surface area contributed by atoms with Crippen molar-refractivity contribution in [2.75, 3.05) is 6.61 Å². The average Bonchev–Trinajstić information content (AvgIpc) is 2.31. The van der Waals surface area contributed by atoms with Gasteiger partial charge in [0.15, 0.2) is 0 Å². The lowest BCUT2D eigenvalue weighted by Gasteiger charge is -2.16. The third-order valence-corrected chi connectivity index (χ3v) is 2.59. The van der Waals surface area contributed by atoms with Gasteiger partial charge in [-0.3, -0.25) is 4.79 Å². The highest BCUT2D eigenvalue weighted by molar-refractivity contribution is 5.83. The predicted molar refractivity (Wildman–Crippen MR) is 70.4 cm³/mol. The molecule has 0 aromatic carbocycles. The van der Waals surface area contributed by atoms with Crippen molar-refractivity contribution in [3.05, 3.63) is 10.1 Å². The molecule has 8 nitrogen and oxygen atoms in total. The number of hydrogen-bond acceptors (Lipinski definition) is 5. The number of carbonyl (C=O) groups excluding carboxylic acids is 1. The van der Waals surface area contributed by atoms with Crippen molar-refractivity contribution in [3.8, 4) is 0 Å². The van der Waals surface area contributed by atoms with Crippen molar-refractivity contribution in [1.82, 2.24) is 5.32 Å². The van der Waals surface area contributed by atoms with E-state index in [4.69, 9.17) is 5.11 Å². The lowest BCUT2D eigenvalue weighted by atomic mass is 10.0. The van der Waals surface area contributed by atoms with Crippen molar-refractivity contribution in [2.45, 2.75) is 52.0 Å². The Bertz CT molecular complexity index is 332. The molecule has 8 heteroatoms. The van der Waals surface area contributed by atoms with Crippen LogP contribution < -0.4 is 5.32 Å². The second-order valence-electron chi connectivity index (χ2n) is 4.96. The van der Waals surface area contributed by atoms with Gasteiger partial charge in [-0.15, -0.1) is 10.1 Å². The van der Waals surface area contributed by atoms with Crippen LogP contribution in [0.4, 0.5) is 0 Å². The standard InChI is InChI=1S/C12H22N2O6/c1-9(2)8-10(12(16)17)13-11(15)6-4-3-5-7-20-14(18)19/h9-10H,3-8H2,1-2H3,(H,13,15)(H,16,17). The van der Waals surface area contributed by atoms with Gasteiger partial charge in [0.2, 0.25) is 5.91 Å². The number of amides is 1. The van der Waals surface area contributed by atoms with E-state index in [2.05, 4.69) is 10.2 Å². The van der Waals surface area contributed by atoms with Crippen LogP contribution in [0.15, 0.2) is 0 Å². The molecule has 1 atom stereocenters. The first-order valence-corrected chi connectivity index (χ1v) is 6.62. The molecule has 0 heterocycles. The lowest BCUT2D eigenvalue weighted by Crippen LogP contribution is -2.41. The summed E-state index contributed by atoms with van der Waals surface area (Å²) in [4.78, 5) is 36.5. The Morgan fingerprint density at radius 2 is 1.95 bits per heavy atom. The van der Waals surface area contributed by atoms with Crippen molar-refractivity contribution in [3.63, 3.8) is 0 Å². The van der Waals surface area contributed by atoms with Crippen LogP contribution >= 0.6 is 0 Å². The van der Waals surface area contributed by atoms with Crippen LogP contribution in [0.1, 0.15) is 46.0 Å². The van der Waals surface area contributed by atoms with Gasteiger partial charge < -0.3 is 15.3 Å². The topological polar surface area (TPSA) is 119 Å². The number of hydrogen-bond donors (Lipinski definition) is 2. The van der Waals surface area contributed by atoms with E-state index in [1.165, 1.54) is 0 Å². The molecule has 0 aliphatic heterocycles. The third kappa shape index (κ3) is 10.1. The van der Waals surface area contributed by atoms with Crippen molar-refractivity contribution < 1.29 is 24.6 Å². The summed E-state index contributed by atoms with van der Waals surface area (Å²) >= 11 is 0. The average molecular weight is 290 g/mol. The molecule has 0 saturated carbocycles. The number of nitrogens with zero attached hydrogens (tertiary/aromatic N) is 1. The van der Waals surface area contributed by atoms with Gasteiger partial charge in [-0.1, -0.05) is 20.3 Å². The van der Waals surface area contributed by atoms with Gasteiger partial charge in [0, 0.05) is 6.42 Å². The van der Waals surface area contributed by atoms with E-state index in [0.29, 0.717) is 25.7 Å². The molecular weight excluding hydrogens is 268 g/mol. The molecule has 1 amide bonds. The fourth-order valence-electron chi connectivity index (χ4n) is 1.66. The van der Waals surface area contributed by atoms with E-state index >= 15 is 0 Å². The van der Waals surface area contributed by atoms with Crippen molar-refractivity contribution in [1.29, 1.82) is 0 Å². The molecule has 0 spiro atoms. The van der Waals surface area contributed by atoms with Crippen LogP contribution in [0.25, 0.3) is 0 Å². The second kappa shape index (κ2) is 9.99. The molecule has 20 heavy (non-hydrogen) atoms. The Morgan fingerprint density at radius 3 is 2.45 bits per heavy atom. The fraction of sp³-hybridized carbons (Fsp3) is 0.833. The van der Waals surface area contributed by atoms with Crippen molar-refractivity contribution >= 4 is 11.9 Å². The molecule has 0 radical (unpaired) electrons. The van der Waals surface area contributed by atoms with Gasteiger partial charge >= 0.3 is 5.97 Å². The van der Waals surface area contributed by atoms with E-state index < -0.39 is 17.1 Å². The van der Waals surface area contributed by atoms with E-state index in [-0.39, 0.29) is 24.9 Å². The molecule has 1 unspecified atom stereocenters. The minimum absolute atomic E-state index is 0.0136. The Balaban J connectivity index is 3.80. The number of carbonyl (C=O) groups is 2. The quantitative estimate of drug-likeness (QED) is 0.337. The molecule has 0 aromatic rings. The number of carboxylic acid groups (broad SMARTS) is 1. The Kier molecular flexibility index (Phi) is 9.06. The molecule has 0 bridgehead atoms. The van der Waals surface area contributed by atoms with Crippen LogP contribution in [0, 0.1) is 16.0 Å². The molecule has 0 fully saturated rings. The van der Waals surface area contributed by atoms with Gasteiger partial charge in [-0.05, 0) is 25.2 Å². The summed E-state index contributed by atoms with van der Waals surface area (Å²) in [5, 5.41) is 20.5. The summed E-state index contributed by atoms with van der Waals surface area (Å²) < 4.78 is 0. The zero-order valence-electron chi connectivity index (χ0n) is 11.8. The van der Waals surface area contributed by atoms with Gasteiger partial charge in [0.05, 0.1) is 6.61 Å². The first-order valence-electron chi connectivity index (χ1n) is 6.62. The van der Waals surface area contributed by atoms with E-state index in [0.717, 1.165) is 0 Å². The highest BCUT2D eigenvalue weighted by atomic mass is 16.9. The molecule has 0 aliphatic carbocycles. The van der Waals surface area contributed by atoms with Gasteiger partial charge in [0.25, 0.3) is 5.09 Å². The van der Waals surface area contributed by atoms with Crippen LogP contribution in [-0.2, 0) is 14.4 Å². The number of rotatable bonds is 11. The van der Waals surface area contributed by atoms with Crippen LogP contribution in [0.2, 0.25) is 0 Å². The summed E-state index contributed by atoms with van der Waals surface area (Å²) in [6.45, 7) is 3.79. The lowest BCUT2D eigenvalue weighted by molar-refractivity contribution is -0.757. The number of carboxylic acids is 1. The number of nitrogens with one attached hydrogen (secondary N) is 1. The third-order valence-electron chi connectivity index (χ3n) is 2.59. The highest BCUT2D eigenvalue weighted by Crippen LogP contribution is 2.06. The maximum atomic E-state index is 11.6. The van der Waals surface area contributed by atoms with E-state index in [1.807, 2.05) is 13.8 Å². The largest absolute Gasteiger partial charge is 0.480 e. The molecular formula is C12H22N2O6. The summed E-state index contributed by atoms with van der Waals surface area (Å²) in [5.41, 5.74) is 0. The first-order chi connectivity index (χ1) is 9.32. The van der Waals surface area contributed by atoms with Gasteiger partial charge in [-0.25, -0.2) is 4.79 Å². The zero-order chi connectivity index (χ0) is 15.5. The maximum Gasteiger partial charge on any atom is 0.326 e. The number of unbranched alkanes of at least 4 members (excludes halogenated alkanes) is 2. The van der Waals surface area contributed by atoms with Gasteiger partial charge in [0.1, 0.15) is 6.04 Å². The normalized spacial score (nSPS) is 11.9. The molecule has 0 rings (SSSR count). The smallest absolute Gasteiger partial charge is 0.326 e. The summed E-state index contributed by atoms with van der Waals surface area (Å²) in [6.07, 6.45) is 2.24. The minimum atomic E-state index is -1.04. The predicted octanol–water partition coefficient (Wildman–Crippen LogP) is 1.37. The summed E-state index contributed by atoms with van der Waals surface area (Å²) in [5.74, 6) is -1.17. The number of aliphatic carboxylic acids is 1. The Hall–Kier alpha value is -1.86. The molecule has 116 valence electrons. The van der Waals surface area contributed by atoms with E-state index in [1.54, 1.807) is 0 Å². The van der Waals surface area contributed by atoms with Crippen LogP contribution in [-0.4, -0.2) is 34.7 Å². The first kappa shape index (κ1) is 18.1. The maximum absolute atomic E-state index is 11.6. The molecule has 0 aliphatic rings. The zero-order valence-corrected chi connectivity index (χ0v) is 11.8. The van der Waals surface area contributed by atoms with Gasteiger partial charge in [-0.2, -0.15) is 0 Å². The van der Waals surface area contributed by atoms with Crippen LogP contribution in [0.3, 0.4) is 0 Å². The summed E-state index contributed by atoms with van der Waals surface area (Å²) in [7, 11) is 0. The fourth-order valence-corrected chi connectivity index (χ4v) is 1.66. The Morgan fingerprint density at radius 1 is 1.30 bits per heavy atom. The molecule has 2 N–H and O–H groups in total. The minimum Gasteiger partial charge on any atom is -0.480 e. The molecule has 0 saturated heterocycles. The van der Waals surface area contributed by atoms with E-state index in [9.17, 15) is 19.7 Å². The molecule has 0 aromatic heterocycles. The Labute approximate surface area is 117 Å². The van der Waals surface area contributed by atoms with Crippen molar-refractivity contribution in [2.24, 2.45) is 5.92 Å². The summed E-state index contributed by atoms with van der Waals surface area (Å²) in [6, 6.07) is -0.861. The SMILES string of the molecule is CC(C)CC(NC(=O)CCCCCO[N+](=O)[O-])C(=O)O. The van der Waals surface area contributed by atoms with Crippen LogP contribution in [0.5, 0.6) is 0 Å². The monoisotopic (exact) mass is 290 g/mol. The highest BCUT2D eigenvalue weighted by Gasteiger charge is 2.20. The second-order valence-corrected chi connectivity index (χ2v) is 4.96.